The van der Waals surface area contributed by atoms with Gasteiger partial charge in [0.05, 0.1) is 0 Å². The molecule has 2 N–H and O–H groups in total. The van der Waals surface area contributed by atoms with E-state index in [1.807, 2.05) is 13.0 Å². The van der Waals surface area contributed by atoms with Crippen LogP contribution in [0.4, 0.5) is 11.6 Å². The quantitative estimate of drug-likeness (QED) is 0.815. The van der Waals surface area contributed by atoms with Crippen molar-refractivity contribution < 1.29 is 8.42 Å². The summed E-state index contributed by atoms with van der Waals surface area (Å²) in [5, 5.41) is 11.4. The lowest BCUT2D eigenvalue weighted by Crippen LogP contribution is -2.23. The van der Waals surface area contributed by atoms with Gasteiger partial charge in [-0.1, -0.05) is 26.2 Å². The first-order valence-electron chi connectivity index (χ1n) is 8.28. The SMILES string of the molecule is CCc1ccc(S(=O)(=O)Nc2ccc(NC3CCCCC3)nn2)s1. The van der Waals surface area contributed by atoms with Crippen LogP contribution in [-0.2, 0) is 16.4 Å². The molecule has 1 fully saturated rings. The Balaban J connectivity index is 1.64. The van der Waals surface area contributed by atoms with Crippen LogP contribution in [0.25, 0.3) is 0 Å². The summed E-state index contributed by atoms with van der Waals surface area (Å²) in [6.07, 6.45) is 6.89. The van der Waals surface area contributed by atoms with E-state index in [2.05, 4.69) is 20.2 Å². The van der Waals surface area contributed by atoms with Crippen LogP contribution in [0.2, 0.25) is 0 Å². The van der Waals surface area contributed by atoms with Gasteiger partial charge in [0, 0.05) is 10.9 Å². The molecule has 2 aromatic rings. The molecule has 8 heteroatoms. The molecule has 6 nitrogen and oxygen atoms in total. The van der Waals surface area contributed by atoms with Crippen molar-refractivity contribution in [2.24, 2.45) is 0 Å². The monoisotopic (exact) mass is 366 g/mol. The summed E-state index contributed by atoms with van der Waals surface area (Å²) in [6, 6.07) is 7.31. The molecule has 1 saturated carbocycles. The van der Waals surface area contributed by atoms with Crippen LogP contribution in [0, 0.1) is 0 Å². The second-order valence-electron chi connectivity index (χ2n) is 5.96. The highest BCUT2D eigenvalue weighted by Gasteiger charge is 2.18. The minimum absolute atomic E-state index is 0.232. The number of hydrogen-bond donors (Lipinski definition) is 2. The summed E-state index contributed by atoms with van der Waals surface area (Å²) in [6.45, 7) is 2.00. The van der Waals surface area contributed by atoms with Crippen LogP contribution < -0.4 is 10.0 Å². The summed E-state index contributed by atoms with van der Waals surface area (Å²) >= 11 is 1.27. The number of nitrogens with one attached hydrogen (secondary N) is 2. The molecule has 0 atom stereocenters. The van der Waals surface area contributed by atoms with E-state index in [1.54, 1.807) is 18.2 Å². The van der Waals surface area contributed by atoms with Gasteiger partial charge in [-0.2, -0.15) is 0 Å². The molecule has 0 bridgehead atoms. The van der Waals surface area contributed by atoms with E-state index in [9.17, 15) is 8.42 Å². The Kier molecular flexibility index (Phi) is 5.35. The third-order valence-electron chi connectivity index (χ3n) is 4.11. The lowest BCUT2D eigenvalue weighted by Gasteiger charge is -2.22. The van der Waals surface area contributed by atoms with Crippen LogP contribution >= 0.6 is 11.3 Å². The third kappa shape index (κ3) is 4.24. The molecule has 130 valence electrons. The molecule has 0 amide bonds. The van der Waals surface area contributed by atoms with Crippen LogP contribution in [0.5, 0.6) is 0 Å². The molecule has 3 rings (SSSR count). The molecule has 1 aliphatic rings. The topological polar surface area (TPSA) is 84.0 Å². The minimum atomic E-state index is -3.60. The second-order valence-corrected chi connectivity index (χ2v) is 9.04. The van der Waals surface area contributed by atoms with E-state index in [-0.39, 0.29) is 5.82 Å². The van der Waals surface area contributed by atoms with Crippen LogP contribution in [0.3, 0.4) is 0 Å². The zero-order valence-corrected chi connectivity index (χ0v) is 15.3. The van der Waals surface area contributed by atoms with Gasteiger partial charge >= 0.3 is 0 Å². The van der Waals surface area contributed by atoms with Crippen molar-refractivity contribution in [1.82, 2.24) is 10.2 Å². The molecule has 0 spiro atoms. The van der Waals surface area contributed by atoms with Gasteiger partial charge < -0.3 is 5.32 Å². The van der Waals surface area contributed by atoms with Gasteiger partial charge in [-0.25, -0.2) is 8.42 Å². The van der Waals surface area contributed by atoms with Gasteiger partial charge in [-0.15, -0.1) is 21.5 Å². The van der Waals surface area contributed by atoms with Gasteiger partial charge in [0.2, 0.25) is 0 Å². The number of thiophene rings is 1. The third-order valence-corrected chi connectivity index (χ3v) is 7.19. The van der Waals surface area contributed by atoms with Crippen LogP contribution in [-0.4, -0.2) is 24.7 Å². The minimum Gasteiger partial charge on any atom is -0.366 e. The molecule has 0 unspecified atom stereocenters. The normalized spacial score (nSPS) is 16.0. The molecule has 1 aliphatic carbocycles. The fourth-order valence-electron chi connectivity index (χ4n) is 2.80. The summed E-state index contributed by atoms with van der Waals surface area (Å²) in [5.41, 5.74) is 0. The van der Waals surface area contributed by atoms with Gasteiger partial charge in [-0.05, 0) is 43.5 Å². The van der Waals surface area contributed by atoms with Gasteiger partial charge in [-0.3, -0.25) is 4.72 Å². The maximum absolute atomic E-state index is 12.3. The molecule has 0 radical (unpaired) electrons. The van der Waals surface area contributed by atoms with Crippen molar-refractivity contribution in [2.45, 2.75) is 55.7 Å². The van der Waals surface area contributed by atoms with E-state index < -0.39 is 10.0 Å². The first kappa shape index (κ1) is 17.2. The number of rotatable bonds is 6. The molecule has 0 aromatic carbocycles. The fraction of sp³-hybridized carbons (Fsp3) is 0.500. The van der Waals surface area contributed by atoms with Crippen molar-refractivity contribution in [3.63, 3.8) is 0 Å². The first-order valence-corrected chi connectivity index (χ1v) is 10.6. The number of hydrogen-bond acceptors (Lipinski definition) is 6. The summed E-state index contributed by atoms with van der Waals surface area (Å²) in [4.78, 5) is 1.04. The lowest BCUT2D eigenvalue weighted by molar-refractivity contribution is 0.461. The summed E-state index contributed by atoms with van der Waals surface area (Å²) in [7, 11) is -3.60. The average molecular weight is 367 g/mol. The number of aryl methyl sites for hydroxylation is 1. The average Bonchev–Trinajstić information content (AvgIpc) is 3.08. The first-order chi connectivity index (χ1) is 11.6. The standard InChI is InChI=1S/C16H22N4O2S2/c1-2-13-8-11-16(23-13)24(21,22)20-15-10-9-14(18-19-15)17-12-6-4-3-5-7-12/h8-12H,2-7H2,1H3,(H,17,18)(H,19,20). The second kappa shape index (κ2) is 7.48. The van der Waals surface area contributed by atoms with E-state index >= 15 is 0 Å². The number of anilines is 2. The molecular formula is C16H22N4O2S2. The highest BCUT2D eigenvalue weighted by Crippen LogP contribution is 2.24. The fourth-order valence-corrected chi connectivity index (χ4v) is 5.09. The van der Waals surface area contributed by atoms with E-state index in [1.165, 1.54) is 30.6 Å². The zero-order valence-electron chi connectivity index (χ0n) is 13.7. The van der Waals surface area contributed by atoms with E-state index in [4.69, 9.17) is 0 Å². The Hall–Kier alpha value is -1.67. The molecular weight excluding hydrogens is 344 g/mol. The lowest BCUT2D eigenvalue weighted by atomic mass is 9.95. The van der Waals surface area contributed by atoms with Gasteiger partial charge in [0.1, 0.15) is 10.0 Å². The Morgan fingerprint density at radius 3 is 2.42 bits per heavy atom. The molecule has 2 heterocycles. The molecule has 0 aliphatic heterocycles. The molecule has 2 aromatic heterocycles. The Bertz CT molecular complexity index is 766. The highest BCUT2D eigenvalue weighted by molar-refractivity contribution is 7.94. The van der Waals surface area contributed by atoms with Crippen LogP contribution in [0.1, 0.15) is 43.9 Å². The van der Waals surface area contributed by atoms with Crippen molar-refractivity contribution in [3.05, 3.63) is 29.1 Å². The van der Waals surface area contributed by atoms with Crippen molar-refractivity contribution in [2.75, 3.05) is 10.0 Å². The Morgan fingerprint density at radius 2 is 1.79 bits per heavy atom. The maximum Gasteiger partial charge on any atom is 0.272 e. The largest absolute Gasteiger partial charge is 0.366 e. The maximum atomic E-state index is 12.3. The number of sulfonamides is 1. The van der Waals surface area contributed by atoms with E-state index in [0.29, 0.717) is 16.1 Å². The van der Waals surface area contributed by atoms with Crippen LogP contribution in [0.15, 0.2) is 28.5 Å². The van der Waals surface area contributed by atoms with Gasteiger partial charge in [0.25, 0.3) is 10.0 Å². The number of nitrogens with zero attached hydrogens (tertiary/aromatic N) is 2. The predicted molar refractivity (Wildman–Crippen MR) is 97.0 cm³/mol. The smallest absolute Gasteiger partial charge is 0.272 e. The summed E-state index contributed by atoms with van der Waals surface area (Å²) < 4.78 is 27.5. The van der Waals surface area contributed by atoms with E-state index in [0.717, 1.165) is 24.1 Å². The zero-order chi connectivity index (χ0) is 17.0. The number of aromatic nitrogens is 2. The van der Waals surface area contributed by atoms with Crippen molar-refractivity contribution in [3.8, 4) is 0 Å². The van der Waals surface area contributed by atoms with Crippen molar-refractivity contribution >= 4 is 33.0 Å². The Labute approximate surface area is 146 Å². The van der Waals surface area contributed by atoms with Crippen molar-refractivity contribution in [1.29, 1.82) is 0 Å². The Morgan fingerprint density at radius 1 is 1.08 bits per heavy atom. The highest BCUT2D eigenvalue weighted by atomic mass is 32.2. The molecule has 24 heavy (non-hydrogen) atoms. The van der Waals surface area contributed by atoms with Gasteiger partial charge in [0.15, 0.2) is 5.82 Å². The molecule has 0 saturated heterocycles. The predicted octanol–water partition coefficient (Wildman–Crippen LogP) is 3.65. The summed E-state index contributed by atoms with van der Waals surface area (Å²) in [5.74, 6) is 0.921.